The zero-order chi connectivity index (χ0) is 9.71. The summed E-state index contributed by atoms with van der Waals surface area (Å²) in [6.45, 7) is 0. The highest BCUT2D eigenvalue weighted by molar-refractivity contribution is 6.00. The van der Waals surface area contributed by atoms with Crippen LogP contribution in [0.2, 0.25) is 0 Å². The van der Waals surface area contributed by atoms with Crippen LogP contribution < -0.4 is 5.73 Å². The van der Waals surface area contributed by atoms with E-state index in [1.54, 1.807) is 12.1 Å². The fourth-order valence-electron chi connectivity index (χ4n) is 1.52. The minimum Gasteiger partial charge on any atom is -0.455 e. The van der Waals surface area contributed by atoms with E-state index in [0.717, 1.165) is 0 Å². The minimum absolute atomic E-state index is 0.196. The monoisotopic (exact) mass is 187 g/mol. The fourth-order valence-corrected chi connectivity index (χ4v) is 1.52. The van der Waals surface area contributed by atoms with Crippen molar-refractivity contribution < 1.29 is 9.21 Å². The van der Waals surface area contributed by atoms with Crippen LogP contribution in [-0.2, 0) is 0 Å². The second kappa shape index (κ2) is 2.20. The van der Waals surface area contributed by atoms with Gasteiger partial charge < -0.3 is 10.2 Å². The zero-order valence-corrected chi connectivity index (χ0v) is 7.02. The van der Waals surface area contributed by atoms with E-state index in [-0.39, 0.29) is 5.69 Å². The van der Waals surface area contributed by atoms with Gasteiger partial charge in [0.25, 0.3) is 5.91 Å². The van der Waals surface area contributed by atoms with Gasteiger partial charge in [-0.2, -0.15) is 0 Å². The summed E-state index contributed by atoms with van der Waals surface area (Å²) in [5.74, 6) is -0.572. The van der Waals surface area contributed by atoms with E-state index in [2.05, 4.69) is 10.2 Å². The number of amides is 1. The largest absolute Gasteiger partial charge is 0.455 e. The molecule has 1 amide bonds. The first-order chi connectivity index (χ1) is 6.75. The third kappa shape index (κ3) is 0.756. The Bertz CT molecular complexity index is 586. The molecule has 0 spiro atoms. The van der Waals surface area contributed by atoms with Crippen molar-refractivity contribution in [3.05, 3.63) is 23.9 Å². The Balaban J connectivity index is 2.44. The molecule has 3 heterocycles. The molecule has 5 heteroatoms. The van der Waals surface area contributed by atoms with Gasteiger partial charge in [-0.3, -0.25) is 4.79 Å². The van der Waals surface area contributed by atoms with E-state index in [1.165, 1.54) is 0 Å². The van der Waals surface area contributed by atoms with Crippen LogP contribution in [0, 0.1) is 0 Å². The van der Waals surface area contributed by atoms with Crippen molar-refractivity contribution in [3.8, 4) is 11.3 Å². The molecule has 68 valence electrons. The van der Waals surface area contributed by atoms with Gasteiger partial charge in [-0.15, -0.1) is 10.2 Å². The molecule has 2 aliphatic rings. The lowest BCUT2D eigenvalue weighted by molar-refractivity contribution is 0.0996. The number of nitrogens with zero attached hydrogens (tertiary/aromatic N) is 2. The number of carbonyl (C=O) groups is 1. The van der Waals surface area contributed by atoms with E-state index >= 15 is 0 Å². The molecule has 2 aliphatic heterocycles. The van der Waals surface area contributed by atoms with Crippen LogP contribution in [0.5, 0.6) is 0 Å². The topological polar surface area (TPSA) is 82.0 Å². The first-order valence-corrected chi connectivity index (χ1v) is 4.04. The molecule has 14 heavy (non-hydrogen) atoms. The molecule has 0 aliphatic carbocycles. The van der Waals surface area contributed by atoms with Crippen LogP contribution in [0.15, 0.2) is 22.6 Å². The van der Waals surface area contributed by atoms with Crippen molar-refractivity contribution in [2.24, 2.45) is 5.73 Å². The maximum Gasteiger partial charge on any atom is 0.269 e. The number of carbonyl (C=O) groups excluding carboxylic acids is 1. The van der Waals surface area contributed by atoms with Crippen LogP contribution in [0.1, 0.15) is 10.5 Å². The summed E-state index contributed by atoms with van der Waals surface area (Å²) in [5, 5.41) is 7.56. The number of fused-ring (bicyclic) bond motifs is 4. The summed E-state index contributed by atoms with van der Waals surface area (Å²) >= 11 is 0. The second-order valence-corrected chi connectivity index (χ2v) is 3.02. The lowest BCUT2D eigenvalue weighted by Gasteiger charge is -1.96. The van der Waals surface area contributed by atoms with Gasteiger partial charge in [-0.25, -0.2) is 0 Å². The maximum atomic E-state index is 11.0. The number of aromatic nitrogens is 2. The van der Waals surface area contributed by atoms with Gasteiger partial charge in [0.2, 0.25) is 0 Å². The van der Waals surface area contributed by atoms with Crippen molar-refractivity contribution in [2.75, 3.05) is 0 Å². The Kier molecular flexibility index (Phi) is 1.14. The smallest absolute Gasteiger partial charge is 0.269 e. The average Bonchev–Trinajstić information content (AvgIpc) is 2.71. The predicted octanol–water partition coefficient (Wildman–Crippen LogP) is 0.864. The van der Waals surface area contributed by atoms with Crippen molar-refractivity contribution in [1.82, 2.24) is 10.2 Å². The standard InChI is InChI=1S/C9H5N3O2/c10-9(13)8-5-3-4-1-2-6(14-4)7(5)11-12-8/h1-3H,(H2,10,13). The molecular weight excluding hydrogens is 182 g/mol. The Hall–Kier alpha value is -2.17. The van der Waals surface area contributed by atoms with Gasteiger partial charge >= 0.3 is 0 Å². The predicted molar refractivity (Wildman–Crippen MR) is 48.1 cm³/mol. The van der Waals surface area contributed by atoms with Crippen LogP contribution >= 0.6 is 0 Å². The van der Waals surface area contributed by atoms with Crippen molar-refractivity contribution in [3.63, 3.8) is 0 Å². The molecule has 5 nitrogen and oxygen atoms in total. The van der Waals surface area contributed by atoms with Gasteiger partial charge in [-0.1, -0.05) is 0 Å². The highest BCUT2D eigenvalue weighted by Crippen LogP contribution is 2.31. The molecule has 1 aromatic heterocycles. The summed E-state index contributed by atoms with van der Waals surface area (Å²) in [4.78, 5) is 11.0. The Labute approximate surface area is 78.2 Å². The number of hydrogen-bond acceptors (Lipinski definition) is 4. The zero-order valence-electron chi connectivity index (χ0n) is 7.02. The molecule has 0 radical (unpaired) electrons. The third-order valence-corrected chi connectivity index (χ3v) is 2.14. The number of furan rings is 1. The van der Waals surface area contributed by atoms with E-state index in [0.29, 0.717) is 22.4 Å². The molecule has 0 fully saturated rings. The summed E-state index contributed by atoms with van der Waals surface area (Å²) in [7, 11) is 0. The molecule has 0 saturated carbocycles. The molecule has 2 bridgehead atoms. The first-order valence-electron chi connectivity index (χ1n) is 4.04. The molecule has 0 atom stereocenters. The third-order valence-electron chi connectivity index (χ3n) is 2.14. The number of primary amides is 1. The van der Waals surface area contributed by atoms with Gasteiger partial charge in [0.1, 0.15) is 11.3 Å². The van der Waals surface area contributed by atoms with Gasteiger partial charge in [0.15, 0.2) is 11.3 Å². The number of nitrogens with two attached hydrogens (primary N) is 1. The number of rotatable bonds is 1. The Morgan fingerprint density at radius 3 is 3.00 bits per heavy atom. The molecule has 0 saturated heterocycles. The van der Waals surface area contributed by atoms with E-state index in [4.69, 9.17) is 10.2 Å². The van der Waals surface area contributed by atoms with E-state index in [1.807, 2.05) is 6.07 Å². The van der Waals surface area contributed by atoms with Crippen molar-refractivity contribution >= 4 is 17.1 Å². The quantitative estimate of drug-likeness (QED) is 0.612. The minimum atomic E-state index is -0.572. The van der Waals surface area contributed by atoms with Crippen molar-refractivity contribution in [2.45, 2.75) is 0 Å². The summed E-state index contributed by atoms with van der Waals surface area (Å²) in [5.41, 5.74) is 7.89. The molecular formula is C9H5N3O2. The summed E-state index contributed by atoms with van der Waals surface area (Å²) in [6.07, 6.45) is 0. The van der Waals surface area contributed by atoms with E-state index in [9.17, 15) is 4.79 Å². The van der Waals surface area contributed by atoms with Crippen LogP contribution in [0.4, 0.5) is 0 Å². The lowest BCUT2D eigenvalue weighted by atomic mass is 10.1. The fraction of sp³-hybridized carbons (Fsp3) is 0. The maximum absolute atomic E-state index is 11.0. The highest BCUT2D eigenvalue weighted by Gasteiger charge is 2.21. The molecule has 1 aromatic rings. The molecule has 0 unspecified atom stereocenters. The lowest BCUT2D eigenvalue weighted by Crippen LogP contribution is -2.12. The normalized spacial score (nSPS) is 11.4. The molecule has 2 N–H and O–H groups in total. The van der Waals surface area contributed by atoms with Crippen molar-refractivity contribution in [1.29, 1.82) is 0 Å². The molecule has 0 aromatic carbocycles. The summed E-state index contributed by atoms with van der Waals surface area (Å²) in [6, 6.07) is 5.31. The van der Waals surface area contributed by atoms with Crippen LogP contribution in [-0.4, -0.2) is 16.1 Å². The van der Waals surface area contributed by atoms with Crippen LogP contribution in [0.3, 0.4) is 0 Å². The highest BCUT2D eigenvalue weighted by atomic mass is 16.3. The second-order valence-electron chi connectivity index (χ2n) is 3.02. The van der Waals surface area contributed by atoms with Crippen LogP contribution in [0.25, 0.3) is 22.4 Å². The number of hydrogen-bond donors (Lipinski definition) is 1. The Morgan fingerprint density at radius 2 is 2.21 bits per heavy atom. The van der Waals surface area contributed by atoms with Gasteiger partial charge in [0.05, 0.1) is 0 Å². The summed E-state index contributed by atoms with van der Waals surface area (Å²) < 4.78 is 5.33. The SMILES string of the molecule is NC(=O)c1nnc2c3ccc(cc1-2)o3. The van der Waals surface area contributed by atoms with Gasteiger partial charge in [-0.05, 0) is 18.2 Å². The van der Waals surface area contributed by atoms with Gasteiger partial charge in [0, 0.05) is 5.56 Å². The Morgan fingerprint density at radius 1 is 1.36 bits per heavy atom. The average molecular weight is 187 g/mol. The molecule has 3 rings (SSSR count). The van der Waals surface area contributed by atoms with E-state index < -0.39 is 5.91 Å². The first kappa shape index (κ1) is 7.25.